The van der Waals surface area contributed by atoms with Crippen LogP contribution in [-0.2, 0) is 4.74 Å². The number of rotatable bonds is 6. The first-order valence-electron chi connectivity index (χ1n) is 3.45. The standard InChI is InChI=1S/C7H16O2S2/c1-9-7(5-11-3)6(8)4-10-2/h6-8H,4-5H2,1-3H3. The van der Waals surface area contributed by atoms with Gasteiger partial charge in [-0.05, 0) is 12.5 Å². The first kappa shape index (κ1) is 11.6. The van der Waals surface area contributed by atoms with Gasteiger partial charge in [0.1, 0.15) is 0 Å². The lowest BCUT2D eigenvalue weighted by Gasteiger charge is -2.19. The maximum absolute atomic E-state index is 9.48. The highest BCUT2D eigenvalue weighted by molar-refractivity contribution is 7.98. The topological polar surface area (TPSA) is 29.5 Å². The van der Waals surface area contributed by atoms with Crippen LogP contribution in [0.4, 0.5) is 0 Å². The van der Waals surface area contributed by atoms with Gasteiger partial charge in [-0.3, -0.25) is 0 Å². The van der Waals surface area contributed by atoms with Gasteiger partial charge >= 0.3 is 0 Å². The number of thioether (sulfide) groups is 2. The second-order valence-corrected chi connectivity index (χ2v) is 4.07. The first-order valence-corrected chi connectivity index (χ1v) is 6.23. The number of aliphatic hydroxyl groups is 1. The van der Waals surface area contributed by atoms with Gasteiger partial charge in [0.15, 0.2) is 0 Å². The number of aliphatic hydroxyl groups excluding tert-OH is 1. The molecule has 11 heavy (non-hydrogen) atoms. The summed E-state index contributed by atoms with van der Waals surface area (Å²) in [5, 5.41) is 9.48. The van der Waals surface area contributed by atoms with Crippen molar-refractivity contribution in [1.82, 2.24) is 0 Å². The average molecular weight is 196 g/mol. The van der Waals surface area contributed by atoms with Crippen molar-refractivity contribution in [3.8, 4) is 0 Å². The van der Waals surface area contributed by atoms with E-state index in [4.69, 9.17) is 4.74 Å². The van der Waals surface area contributed by atoms with Gasteiger partial charge in [-0.15, -0.1) is 0 Å². The Morgan fingerprint density at radius 2 is 1.82 bits per heavy atom. The summed E-state index contributed by atoms with van der Waals surface area (Å²) in [4.78, 5) is 0. The van der Waals surface area contributed by atoms with Crippen molar-refractivity contribution in [2.45, 2.75) is 12.2 Å². The fourth-order valence-corrected chi connectivity index (χ4v) is 2.02. The highest BCUT2D eigenvalue weighted by Crippen LogP contribution is 2.09. The molecule has 2 nitrogen and oxygen atoms in total. The van der Waals surface area contributed by atoms with Crippen LogP contribution in [0.5, 0.6) is 0 Å². The molecule has 0 saturated heterocycles. The molecule has 0 aliphatic carbocycles. The SMILES string of the molecule is COC(CSC)C(O)CSC. The van der Waals surface area contributed by atoms with Gasteiger partial charge in [0.25, 0.3) is 0 Å². The Morgan fingerprint density at radius 1 is 1.27 bits per heavy atom. The minimum atomic E-state index is -0.331. The van der Waals surface area contributed by atoms with Gasteiger partial charge in [-0.2, -0.15) is 23.5 Å². The van der Waals surface area contributed by atoms with E-state index in [-0.39, 0.29) is 12.2 Å². The van der Waals surface area contributed by atoms with Crippen molar-refractivity contribution in [1.29, 1.82) is 0 Å². The maximum Gasteiger partial charge on any atom is 0.0928 e. The quantitative estimate of drug-likeness (QED) is 0.688. The molecule has 68 valence electrons. The van der Waals surface area contributed by atoms with E-state index in [1.807, 2.05) is 12.5 Å². The zero-order valence-electron chi connectivity index (χ0n) is 7.24. The van der Waals surface area contributed by atoms with Crippen LogP contribution >= 0.6 is 23.5 Å². The molecule has 2 unspecified atom stereocenters. The molecule has 0 fully saturated rings. The summed E-state index contributed by atoms with van der Waals surface area (Å²) < 4.78 is 5.12. The summed E-state index contributed by atoms with van der Waals surface area (Å²) >= 11 is 3.33. The molecule has 0 aromatic carbocycles. The van der Waals surface area contributed by atoms with Crippen molar-refractivity contribution in [2.75, 3.05) is 31.1 Å². The van der Waals surface area contributed by atoms with Crippen molar-refractivity contribution in [3.63, 3.8) is 0 Å². The molecule has 0 amide bonds. The molecule has 2 atom stereocenters. The fraction of sp³-hybridized carbons (Fsp3) is 1.00. The van der Waals surface area contributed by atoms with Gasteiger partial charge in [0.2, 0.25) is 0 Å². The Labute approximate surface area is 77.1 Å². The molecule has 0 spiro atoms. The predicted octanol–water partition coefficient (Wildman–Crippen LogP) is 1.09. The van der Waals surface area contributed by atoms with Crippen LogP contribution in [0.25, 0.3) is 0 Å². The number of ether oxygens (including phenoxy) is 1. The van der Waals surface area contributed by atoms with E-state index in [2.05, 4.69) is 0 Å². The minimum absolute atomic E-state index is 0.0163. The zero-order chi connectivity index (χ0) is 8.69. The van der Waals surface area contributed by atoms with Gasteiger partial charge in [-0.25, -0.2) is 0 Å². The van der Waals surface area contributed by atoms with Crippen LogP contribution in [0.15, 0.2) is 0 Å². The average Bonchev–Trinajstić information content (AvgIpc) is 2.00. The molecular weight excluding hydrogens is 180 g/mol. The third-order valence-corrected chi connectivity index (χ3v) is 2.74. The van der Waals surface area contributed by atoms with Gasteiger partial charge in [0.05, 0.1) is 12.2 Å². The smallest absolute Gasteiger partial charge is 0.0928 e. The lowest BCUT2D eigenvalue weighted by atomic mass is 10.2. The Bertz CT molecular complexity index is 90.5. The van der Waals surface area contributed by atoms with E-state index in [9.17, 15) is 5.11 Å². The third-order valence-electron chi connectivity index (χ3n) is 1.40. The van der Waals surface area contributed by atoms with Crippen LogP contribution in [-0.4, -0.2) is 48.4 Å². The lowest BCUT2D eigenvalue weighted by molar-refractivity contribution is 0.0156. The van der Waals surface area contributed by atoms with Gasteiger partial charge in [-0.1, -0.05) is 0 Å². The van der Waals surface area contributed by atoms with E-state index >= 15 is 0 Å². The molecular formula is C7H16O2S2. The molecule has 0 heterocycles. The number of hydrogen-bond donors (Lipinski definition) is 1. The molecule has 0 aromatic heterocycles. The number of methoxy groups -OCH3 is 1. The summed E-state index contributed by atoms with van der Waals surface area (Å²) in [5.41, 5.74) is 0. The fourth-order valence-electron chi connectivity index (χ4n) is 0.779. The Balaban J connectivity index is 3.61. The summed E-state index contributed by atoms with van der Waals surface area (Å²) in [6.07, 6.45) is 3.65. The highest BCUT2D eigenvalue weighted by atomic mass is 32.2. The first-order chi connectivity index (χ1) is 5.26. The van der Waals surface area contributed by atoms with Crippen LogP contribution in [0.2, 0.25) is 0 Å². The van der Waals surface area contributed by atoms with E-state index in [1.165, 1.54) is 0 Å². The third kappa shape index (κ3) is 4.95. The second kappa shape index (κ2) is 7.28. The minimum Gasteiger partial charge on any atom is -0.390 e. The zero-order valence-corrected chi connectivity index (χ0v) is 8.87. The molecule has 0 bridgehead atoms. The van der Waals surface area contributed by atoms with Crippen molar-refractivity contribution >= 4 is 23.5 Å². The normalized spacial score (nSPS) is 16.4. The van der Waals surface area contributed by atoms with Gasteiger partial charge < -0.3 is 9.84 Å². The molecule has 0 radical (unpaired) electrons. The molecule has 1 N–H and O–H groups in total. The Morgan fingerprint density at radius 3 is 2.18 bits per heavy atom. The monoisotopic (exact) mass is 196 g/mol. The lowest BCUT2D eigenvalue weighted by Crippen LogP contribution is -2.32. The van der Waals surface area contributed by atoms with E-state index in [0.29, 0.717) is 0 Å². The predicted molar refractivity (Wildman–Crippen MR) is 53.6 cm³/mol. The van der Waals surface area contributed by atoms with Crippen molar-refractivity contribution < 1.29 is 9.84 Å². The molecule has 0 aliphatic heterocycles. The van der Waals surface area contributed by atoms with Crippen LogP contribution in [0, 0.1) is 0 Å². The van der Waals surface area contributed by atoms with Crippen molar-refractivity contribution in [3.05, 3.63) is 0 Å². The summed E-state index contributed by atoms with van der Waals surface area (Å²) in [6, 6.07) is 0. The van der Waals surface area contributed by atoms with Crippen LogP contribution < -0.4 is 0 Å². The molecule has 0 saturated carbocycles. The number of hydrogen-bond acceptors (Lipinski definition) is 4. The molecule has 4 heteroatoms. The van der Waals surface area contributed by atoms with E-state index < -0.39 is 0 Å². The van der Waals surface area contributed by atoms with Crippen LogP contribution in [0.1, 0.15) is 0 Å². The second-order valence-electron chi connectivity index (χ2n) is 2.25. The van der Waals surface area contributed by atoms with Gasteiger partial charge in [0, 0.05) is 18.6 Å². The summed E-state index contributed by atoms with van der Waals surface area (Å²) in [5.74, 6) is 1.61. The van der Waals surface area contributed by atoms with Crippen molar-refractivity contribution in [2.24, 2.45) is 0 Å². The summed E-state index contributed by atoms with van der Waals surface area (Å²) in [6.45, 7) is 0. The highest BCUT2D eigenvalue weighted by Gasteiger charge is 2.16. The molecule has 0 aliphatic rings. The van der Waals surface area contributed by atoms with Crippen LogP contribution in [0.3, 0.4) is 0 Å². The Hall–Kier alpha value is 0.620. The maximum atomic E-state index is 9.48. The largest absolute Gasteiger partial charge is 0.390 e. The molecule has 0 aromatic rings. The van der Waals surface area contributed by atoms with E-state index in [0.717, 1.165) is 11.5 Å². The summed E-state index contributed by atoms with van der Waals surface area (Å²) in [7, 11) is 1.64. The molecule has 0 rings (SSSR count). The Kier molecular flexibility index (Phi) is 7.69. The van der Waals surface area contributed by atoms with E-state index in [1.54, 1.807) is 30.6 Å².